The van der Waals surface area contributed by atoms with Gasteiger partial charge in [0, 0.05) is 31.1 Å². The molecule has 0 spiro atoms. The van der Waals surface area contributed by atoms with Crippen LogP contribution in [-0.2, 0) is 0 Å². The van der Waals surface area contributed by atoms with Gasteiger partial charge >= 0.3 is 12.2 Å². The molecule has 0 aliphatic carbocycles. The van der Waals surface area contributed by atoms with E-state index in [2.05, 4.69) is 30.0 Å². The number of benzene rings is 1. The highest BCUT2D eigenvalue weighted by Gasteiger charge is 2.29. The first-order chi connectivity index (χ1) is 14.6. The number of guanidine groups is 1. The molecule has 3 rings (SSSR count). The molecule has 2 heterocycles. The lowest BCUT2D eigenvalue weighted by molar-refractivity contribution is -0.154. The number of hydrogen-bond acceptors (Lipinski definition) is 6. The summed E-state index contributed by atoms with van der Waals surface area (Å²) in [4.78, 5) is 15.9. The Labute approximate surface area is 177 Å². The summed E-state index contributed by atoms with van der Waals surface area (Å²) in [6.07, 6.45) is 0.332. The first-order valence-corrected chi connectivity index (χ1v) is 8.98. The monoisotopic (exact) mass is 437 g/mol. The van der Waals surface area contributed by atoms with Crippen LogP contribution in [0, 0.1) is 13.8 Å². The van der Waals surface area contributed by atoms with Crippen molar-refractivity contribution in [3.8, 4) is 17.4 Å². The van der Waals surface area contributed by atoms with E-state index in [0.717, 1.165) is 11.4 Å². The van der Waals surface area contributed by atoms with Gasteiger partial charge in [0.1, 0.15) is 5.75 Å². The normalized spacial score (nSPS) is 12.0. The van der Waals surface area contributed by atoms with Gasteiger partial charge in [-0.15, -0.1) is 0 Å². The van der Waals surface area contributed by atoms with Crippen molar-refractivity contribution in [1.29, 1.82) is 0 Å². The summed E-state index contributed by atoms with van der Waals surface area (Å²) in [6.45, 7) is 2.02. The summed E-state index contributed by atoms with van der Waals surface area (Å²) < 4.78 is 48.8. The predicted octanol–water partition coefficient (Wildman–Crippen LogP) is 3.53. The zero-order chi connectivity index (χ0) is 22.6. The highest BCUT2D eigenvalue weighted by atomic mass is 19.4. The number of imidazole rings is 1. The van der Waals surface area contributed by atoms with Crippen molar-refractivity contribution >= 4 is 17.5 Å². The van der Waals surface area contributed by atoms with E-state index in [1.165, 1.54) is 13.3 Å². The number of ether oxygens (including phenoxy) is 2. The smallest absolute Gasteiger partial charge is 0.422 e. The molecule has 3 aromatic rings. The van der Waals surface area contributed by atoms with Gasteiger partial charge in [0.15, 0.2) is 18.4 Å². The number of aryl methyl sites for hydroxylation is 2. The topological polar surface area (TPSA) is 112 Å². The Kier molecular flexibility index (Phi) is 6.28. The van der Waals surface area contributed by atoms with Gasteiger partial charge in [-0.2, -0.15) is 23.1 Å². The SMILES string of the molecule is COc1cc(NC(N)=Nc2nc(OCC(F)(F)F)ncc2C)ccc1-n1cnc(C)c1.[HH]. The van der Waals surface area contributed by atoms with Crippen LogP contribution in [0.2, 0.25) is 0 Å². The molecule has 0 radical (unpaired) electrons. The van der Waals surface area contributed by atoms with E-state index in [1.807, 2.05) is 23.8 Å². The van der Waals surface area contributed by atoms with Crippen LogP contribution in [0.1, 0.15) is 12.7 Å². The number of aromatic nitrogens is 4. The van der Waals surface area contributed by atoms with Crippen LogP contribution in [0.3, 0.4) is 0 Å². The van der Waals surface area contributed by atoms with E-state index in [0.29, 0.717) is 17.0 Å². The van der Waals surface area contributed by atoms with Crippen molar-refractivity contribution in [2.24, 2.45) is 10.7 Å². The number of alkyl halides is 3. The molecule has 2 aromatic heterocycles. The molecular formula is C19H22F3N7O2. The van der Waals surface area contributed by atoms with E-state index in [9.17, 15) is 13.2 Å². The molecule has 9 nitrogen and oxygen atoms in total. The number of hydrogen-bond donors (Lipinski definition) is 2. The second-order valence-electron chi connectivity index (χ2n) is 6.49. The van der Waals surface area contributed by atoms with Gasteiger partial charge in [0.05, 0.1) is 24.8 Å². The standard InChI is InChI=1S/C19H20F3N7O2.H2/c1-11-7-24-18(31-9-19(20,21)22)28-16(11)27-17(23)26-13-4-5-14(15(6-13)30-3)29-8-12(2)25-10-29;/h4-8,10H,9H2,1-3H3,(H3,23,24,26,27,28);1H. The summed E-state index contributed by atoms with van der Waals surface area (Å²) in [5, 5.41) is 2.89. The fourth-order valence-corrected chi connectivity index (χ4v) is 2.56. The number of methoxy groups -OCH3 is 1. The number of halogens is 3. The zero-order valence-corrected chi connectivity index (χ0v) is 16.9. The van der Waals surface area contributed by atoms with Crippen molar-refractivity contribution < 1.29 is 24.1 Å². The minimum absolute atomic E-state index is 0. The Balaban J connectivity index is 0.00000363. The van der Waals surface area contributed by atoms with Crippen LogP contribution in [0.4, 0.5) is 24.7 Å². The molecule has 0 aliphatic rings. The summed E-state index contributed by atoms with van der Waals surface area (Å²) in [6, 6.07) is 4.85. The van der Waals surface area contributed by atoms with E-state index in [-0.39, 0.29) is 13.2 Å². The molecule has 0 bridgehead atoms. The predicted molar refractivity (Wildman–Crippen MR) is 110 cm³/mol. The lowest BCUT2D eigenvalue weighted by Gasteiger charge is -2.12. The van der Waals surface area contributed by atoms with Gasteiger partial charge in [0.25, 0.3) is 0 Å². The third kappa shape index (κ3) is 5.84. The van der Waals surface area contributed by atoms with Crippen LogP contribution in [0.15, 0.2) is 41.9 Å². The van der Waals surface area contributed by atoms with E-state index in [4.69, 9.17) is 10.5 Å². The second kappa shape index (κ2) is 8.90. The maximum absolute atomic E-state index is 12.3. The quantitative estimate of drug-likeness (QED) is 0.448. The lowest BCUT2D eigenvalue weighted by Crippen LogP contribution is -2.22. The second-order valence-corrected chi connectivity index (χ2v) is 6.49. The number of nitrogens with zero attached hydrogens (tertiary/aromatic N) is 5. The molecular weight excluding hydrogens is 415 g/mol. The van der Waals surface area contributed by atoms with E-state index in [1.54, 1.807) is 25.4 Å². The van der Waals surface area contributed by atoms with Crippen LogP contribution < -0.4 is 20.5 Å². The van der Waals surface area contributed by atoms with Crippen LogP contribution in [-0.4, -0.2) is 45.4 Å². The Bertz CT molecular complexity index is 1100. The Hall–Kier alpha value is -3.83. The summed E-state index contributed by atoms with van der Waals surface area (Å²) >= 11 is 0. The van der Waals surface area contributed by atoms with Gasteiger partial charge in [-0.3, -0.25) is 0 Å². The fourth-order valence-electron chi connectivity index (χ4n) is 2.56. The van der Waals surface area contributed by atoms with Crippen molar-refractivity contribution in [3.63, 3.8) is 0 Å². The minimum Gasteiger partial charge on any atom is -0.494 e. The Morgan fingerprint density at radius 1 is 1.29 bits per heavy atom. The molecule has 0 fully saturated rings. The highest BCUT2D eigenvalue weighted by molar-refractivity contribution is 5.94. The molecule has 0 amide bonds. The fraction of sp³-hybridized carbons (Fsp3) is 0.263. The molecule has 31 heavy (non-hydrogen) atoms. The average molecular weight is 437 g/mol. The van der Waals surface area contributed by atoms with Crippen molar-refractivity contribution in [2.45, 2.75) is 20.0 Å². The van der Waals surface area contributed by atoms with Gasteiger partial charge < -0.3 is 25.1 Å². The lowest BCUT2D eigenvalue weighted by atomic mass is 10.2. The molecule has 0 atom stereocenters. The molecule has 0 unspecified atom stereocenters. The number of nitrogens with one attached hydrogen (secondary N) is 1. The minimum atomic E-state index is -4.50. The average Bonchev–Trinajstić information content (AvgIpc) is 3.14. The van der Waals surface area contributed by atoms with Crippen molar-refractivity contribution in [1.82, 2.24) is 19.5 Å². The maximum atomic E-state index is 12.3. The molecule has 166 valence electrons. The first kappa shape index (κ1) is 21.9. The maximum Gasteiger partial charge on any atom is 0.422 e. The molecule has 0 saturated carbocycles. The van der Waals surface area contributed by atoms with E-state index < -0.39 is 18.8 Å². The van der Waals surface area contributed by atoms with Gasteiger partial charge in [-0.1, -0.05) is 0 Å². The summed E-state index contributed by atoms with van der Waals surface area (Å²) in [5.74, 6) is 0.614. The molecule has 0 saturated heterocycles. The van der Waals surface area contributed by atoms with Crippen LogP contribution >= 0.6 is 0 Å². The van der Waals surface area contributed by atoms with Crippen LogP contribution in [0.25, 0.3) is 5.69 Å². The number of nitrogens with two attached hydrogens (primary N) is 1. The first-order valence-electron chi connectivity index (χ1n) is 8.98. The van der Waals surface area contributed by atoms with Gasteiger partial charge in [-0.25, -0.2) is 9.97 Å². The third-order valence-corrected chi connectivity index (χ3v) is 3.96. The highest BCUT2D eigenvalue weighted by Crippen LogP contribution is 2.27. The number of rotatable bonds is 6. The largest absolute Gasteiger partial charge is 0.494 e. The van der Waals surface area contributed by atoms with Gasteiger partial charge in [-0.05, 0) is 26.0 Å². The van der Waals surface area contributed by atoms with Gasteiger partial charge in [0.2, 0.25) is 0 Å². The van der Waals surface area contributed by atoms with E-state index >= 15 is 0 Å². The molecule has 12 heteroatoms. The zero-order valence-electron chi connectivity index (χ0n) is 16.9. The number of anilines is 1. The number of aliphatic imine (C=N–C) groups is 1. The third-order valence-electron chi connectivity index (χ3n) is 3.96. The molecule has 0 aliphatic heterocycles. The Morgan fingerprint density at radius 2 is 2.06 bits per heavy atom. The summed E-state index contributed by atoms with van der Waals surface area (Å²) in [7, 11) is 1.54. The summed E-state index contributed by atoms with van der Waals surface area (Å²) in [5.41, 5.74) is 8.68. The van der Waals surface area contributed by atoms with Crippen molar-refractivity contribution in [2.75, 3.05) is 19.0 Å². The van der Waals surface area contributed by atoms with Crippen LogP contribution in [0.5, 0.6) is 11.8 Å². The molecule has 3 N–H and O–H groups in total. The van der Waals surface area contributed by atoms with Crippen molar-refractivity contribution in [3.05, 3.63) is 48.2 Å². The molecule has 1 aromatic carbocycles. The Morgan fingerprint density at radius 3 is 2.71 bits per heavy atom.